The number of ether oxygens (including phenoxy) is 1. The van der Waals surface area contributed by atoms with E-state index in [4.69, 9.17) is 4.74 Å². The summed E-state index contributed by atoms with van der Waals surface area (Å²) >= 11 is 0. The first-order valence-corrected chi connectivity index (χ1v) is 4.66. The molecule has 0 N–H and O–H groups in total. The largest absolute Gasteiger partial charge is 0.369 e. The topological polar surface area (TPSA) is 46.6 Å². The number of hydrogen-bond donors (Lipinski definition) is 0. The number of methoxy groups -OCH3 is 1. The summed E-state index contributed by atoms with van der Waals surface area (Å²) in [5.74, 6) is -0.166. The normalized spacial score (nSPS) is 24.9. The van der Waals surface area contributed by atoms with Gasteiger partial charge in [0, 0.05) is 12.8 Å². The van der Waals surface area contributed by atoms with Crippen LogP contribution in [0.2, 0.25) is 0 Å². The van der Waals surface area contributed by atoms with E-state index in [1.54, 1.807) is 12.1 Å². The molecule has 1 fully saturated rings. The Kier molecular flexibility index (Phi) is 2.51. The Bertz CT molecular complexity index is 377. The summed E-state index contributed by atoms with van der Waals surface area (Å²) in [6.07, 6.45) is 0.116. The average molecular weight is 205 g/mol. The predicted molar refractivity (Wildman–Crippen MR) is 54.6 cm³/mol. The number of amides is 1. The summed E-state index contributed by atoms with van der Waals surface area (Å²) in [6, 6.07) is 8.60. The first-order chi connectivity index (χ1) is 7.29. The van der Waals surface area contributed by atoms with Gasteiger partial charge in [-0.05, 0) is 12.1 Å². The van der Waals surface area contributed by atoms with E-state index >= 15 is 0 Å². The quantitative estimate of drug-likeness (QED) is 0.536. The van der Waals surface area contributed by atoms with Gasteiger partial charge >= 0.3 is 0 Å². The van der Waals surface area contributed by atoms with Crippen molar-refractivity contribution in [2.75, 3.05) is 12.0 Å². The van der Waals surface area contributed by atoms with Crippen LogP contribution in [-0.4, -0.2) is 31.4 Å². The molecule has 4 nitrogen and oxygen atoms in total. The van der Waals surface area contributed by atoms with Crippen LogP contribution < -0.4 is 4.90 Å². The third-order valence-electron chi connectivity index (χ3n) is 2.52. The highest BCUT2D eigenvalue weighted by Gasteiger charge is 2.48. The van der Waals surface area contributed by atoms with Crippen molar-refractivity contribution in [1.29, 1.82) is 0 Å². The van der Waals surface area contributed by atoms with Crippen molar-refractivity contribution in [1.82, 2.24) is 0 Å². The second kappa shape index (κ2) is 3.82. The molecule has 1 saturated heterocycles. The highest BCUT2D eigenvalue weighted by atomic mass is 16.5. The molecule has 1 aromatic rings. The van der Waals surface area contributed by atoms with Gasteiger partial charge in [-0.15, -0.1) is 0 Å². The van der Waals surface area contributed by atoms with Crippen LogP contribution >= 0.6 is 0 Å². The number of para-hydroxylation sites is 1. The lowest BCUT2D eigenvalue weighted by Crippen LogP contribution is -2.66. The minimum atomic E-state index is -0.622. The van der Waals surface area contributed by atoms with Crippen molar-refractivity contribution < 1.29 is 14.3 Å². The number of nitrogens with zero attached hydrogens (tertiary/aromatic N) is 1. The molecule has 2 atom stereocenters. The molecule has 0 aromatic heterocycles. The monoisotopic (exact) mass is 205 g/mol. The molecule has 0 radical (unpaired) electrons. The number of carbonyl (C=O) groups excluding carboxylic acids is 2. The number of rotatable bonds is 3. The molecule has 0 saturated carbocycles. The maximum absolute atomic E-state index is 11.6. The van der Waals surface area contributed by atoms with E-state index in [9.17, 15) is 9.59 Å². The smallest absolute Gasteiger partial charge is 0.259 e. The molecule has 0 aliphatic carbocycles. The summed E-state index contributed by atoms with van der Waals surface area (Å²) in [5, 5.41) is 0. The van der Waals surface area contributed by atoms with E-state index in [1.807, 2.05) is 18.2 Å². The van der Waals surface area contributed by atoms with E-state index in [0.29, 0.717) is 0 Å². The molecule has 78 valence electrons. The molecule has 1 amide bonds. The molecule has 0 spiro atoms. The third kappa shape index (κ3) is 1.43. The molecule has 1 aliphatic heterocycles. The number of hydrogen-bond acceptors (Lipinski definition) is 3. The van der Waals surface area contributed by atoms with Crippen LogP contribution in [0.1, 0.15) is 0 Å². The van der Waals surface area contributed by atoms with E-state index in [-0.39, 0.29) is 5.91 Å². The molecule has 0 bridgehead atoms. The Hall–Kier alpha value is -1.68. The first kappa shape index (κ1) is 9.86. The molecule has 1 aliphatic rings. The maximum atomic E-state index is 11.6. The van der Waals surface area contributed by atoms with Gasteiger partial charge < -0.3 is 9.53 Å². The minimum absolute atomic E-state index is 0.166. The zero-order chi connectivity index (χ0) is 10.8. The SMILES string of the molecule is CO[C@@H]1C(=O)N(c2ccccc2)[C@H]1C=O. The van der Waals surface area contributed by atoms with Crippen molar-refractivity contribution in [2.24, 2.45) is 0 Å². The summed E-state index contributed by atoms with van der Waals surface area (Å²) in [4.78, 5) is 23.9. The zero-order valence-corrected chi connectivity index (χ0v) is 8.29. The summed E-state index contributed by atoms with van der Waals surface area (Å²) in [6.45, 7) is 0. The Labute approximate surface area is 87.4 Å². The van der Waals surface area contributed by atoms with Crippen LogP contribution in [0, 0.1) is 0 Å². The second-order valence-electron chi connectivity index (χ2n) is 3.33. The third-order valence-corrected chi connectivity index (χ3v) is 2.52. The van der Waals surface area contributed by atoms with Gasteiger partial charge in [0.05, 0.1) is 0 Å². The lowest BCUT2D eigenvalue weighted by molar-refractivity contribution is -0.142. The molecular weight excluding hydrogens is 194 g/mol. The molecule has 2 rings (SSSR count). The van der Waals surface area contributed by atoms with E-state index in [0.717, 1.165) is 12.0 Å². The lowest BCUT2D eigenvalue weighted by Gasteiger charge is -2.42. The van der Waals surface area contributed by atoms with Gasteiger partial charge in [-0.25, -0.2) is 0 Å². The molecule has 1 aromatic carbocycles. The second-order valence-corrected chi connectivity index (χ2v) is 3.33. The Morgan fingerprint density at radius 3 is 2.53 bits per heavy atom. The maximum Gasteiger partial charge on any atom is 0.259 e. The standard InChI is InChI=1S/C11H11NO3/c1-15-10-9(7-13)12(11(10)14)8-5-3-2-4-6-8/h2-7,9-10H,1H3/t9-,10-/m0/s1. The van der Waals surface area contributed by atoms with Gasteiger partial charge in [0.15, 0.2) is 6.10 Å². The fourth-order valence-electron chi connectivity index (χ4n) is 1.74. The molecule has 4 heteroatoms. The van der Waals surface area contributed by atoms with E-state index in [1.165, 1.54) is 12.0 Å². The van der Waals surface area contributed by atoms with Gasteiger partial charge in [0.25, 0.3) is 5.91 Å². The Morgan fingerprint density at radius 2 is 2.00 bits per heavy atom. The molecule has 0 unspecified atom stereocenters. The summed E-state index contributed by atoms with van der Waals surface area (Å²) in [7, 11) is 1.43. The summed E-state index contributed by atoms with van der Waals surface area (Å²) in [5.41, 5.74) is 0.730. The van der Waals surface area contributed by atoms with E-state index in [2.05, 4.69) is 0 Å². The predicted octanol–water partition coefficient (Wildman–Crippen LogP) is 0.616. The Balaban J connectivity index is 2.25. The number of carbonyl (C=O) groups is 2. The highest BCUT2D eigenvalue weighted by Crippen LogP contribution is 2.28. The van der Waals surface area contributed by atoms with Crippen LogP contribution in [0.5, 0.6) is 0 Å². The van der Waals surface area contributed by atoms with Crippen molar-refractivity contribution in [3.05, 3.63) is 30.3 Å². The van der Waals surface area contributed by atoms with Crippen LogP contribution in [0.4, 0.5) is 5.69 Å². The average Bonchev–Trinajstić information content (AvgIpc) is 2.27. The van der Waals surface area contributed by atoms with Gasteiger partial charge in [-0.2, -0.15) is 0 Å². The molecular formula is C11H11NO3. The first-order valence-electron chi connectivity index (χ1n) is 4.66. The number of anilines is 1. The van der Waals surface area contributed by atoms with Gasteiger partial charge in [0.1, 0.15) is 12.3 Å². The zero-order valence-electron chi connectivity index (χ0n) is 8.29. The Morgan fingerprint density at radius 1 is 1.33 bits per heavy atom. The highest BCUT2D eigenvalue weighted by molar-refractivity contribution is 6.09. The van der Waals surface area contributed by atoms with Crippen LogP contribution in [-0.2, 0) is 14.3 Å². The lowest BCUT2D eigenvalue weighted by atomic mass is 9.98. The fourth-order valence-corrected chi connectivity index (χ4v) is 1.74. The van der Waals surface area contributed by atoms with Crippen molar-refractivity contribution >= 4 is 17.9 Å². The fraction of sp³-hybridized carbons (Fsp3) is 0.273. The number of β-lactam (4-membered cyclic amide) rings is 1. The van der Waals surface area contributed by atoms with Crippen molar-refractivity contribution in [3.8, 4) is 0 Å². The number of benzene rings is 1. The van der Waals surface area contributed by atoms with Crippen molar-refractivity contribution in [3.63, 3.8) is 0 Å². The molecule has 15 heavy (non-hydrogen) atoms. The minimum Gasteiger partial charge on any atom is -0.369 e. The van der Waals surface area contributed by atoms with Crippen molar-refractivity contribution in [2.45, 2.75) is 12.1 Å². The van der Waals surface area contributed by atoms with E-state index < -0.39 is 12.1 Å². The van der Waals surface area contributed by atoms with Crippen LogP contribution in [0.15, 0.2) is 30.3 Å². The summed E-state index contributed by atoms with van der Waals surface area (Å²) < 4.78 is 4.93. The molecule has 1 heterocycles. The van der Waals surface area contributed by atoms with Crippen LogP contribution in [0.3, 0.4) is 0 Å². The van der Waals surface area contributed by atoms with Gasteiger partial charge in [-0.1, -0.05) is 18.2 Å². The van der Waals surface area contributed by atoms with Gasteiger partial charge in [-0.3, -0.25) is 9.69 Å². The van der Waals surface area contributed by atoms with Crippen LogP contribution in [0.25, 0.3) is 0 Å². The van der Waals surface area contributed by atoms with Gasteiger partial charge in [0.2, 0.25) is 0 Å². The number of aldehydes is 1.